The largest absolute Gasteiger partial charge is 0.370 e. The topological polar surface area (TPSA) is 43.1 Å². The smallest absolute Gasteiger partial charge is 0.218 e. The van der Waals surface area contributed by atoms with Crippen molar-refractivity contribution in [1.29, 1.82) is 0 Å². The number of hydrogen-bond acceptors (Lipinski definition) is 1. The fourth-order valence-corrected chi connectivity index (χ4v) is 3.39. The summed E-state index contributed by atoms with van der Waals surface area (Å²) in [6.45, 7) is 0. The molecule has 3 aromatic carbocycles. The molecule has 0 aliphatic heterocycles. The van der Waals surface area contributed by atoms with E-state index >= 15 is 0 Å². The van der Waals surface area contributed by atoms with Crippen LogP contribution >= 0.6 is 0 Å². The van der Waals surface area contributed by atoms with Crippen LogP contribution in [0.3, 0.4) is 0 Å². The SMILES string of the molecule is NC(=O)CC(Cc1ccccc1)(c1ccccc1)c1ccccc1. The molecule has 0 saturated heterocycles. The number of rotatable bonds is 6. The summed E-state index contributed by atoms with van der Waals surface area (Å²) in [6, 6.07) is 30.6. The highest BCUT2D eigenvalue weighted by Crippen LogP contribution is 2.38. The highest BCUT2D eigenvalue weighted by atomic mass is 16.1. The second kappa shape index (κ2) is 7.14. The van der Waals surface area contributed by atoms with E-state index in [1.165, 1.54) is 5.56 Å². The standard InChI is InChI=1S/C22H21NO/c23-21(24)17-22(19-12-6-2-7-13-19,20-14-8-3-9-15-20)16-18-10-4-1-5-11-18/h1-15H,16-17H2,(H2,23,24). The molecule has 0 heterocycles. The van der Waals surface area contributed by atoms with Crippen molar-refractivity contribution in [1.82, 2.24) is 0 Å². The van der Waals surface area contributed by atoms with E-state index in [1.807, 2.05) is 54.6 Å². The second-order valence-corrected chi connectivity index (χ2v) is 6.12. The Bertz CT molecular complexity index is 742. The summed E-state index contributed by atoms with van der Waals surface area (Å²) in [4.78, 5) is 12.0. The van der Waals surface area contributed by atoms with Gasteiger partial charge in [-0.25, -0.2) is 0 Å². The summed E-state index contributed by atoms with van der Waals surface area (Å²) in [5.41, 5.74) is 8.61. The number of primary amides is 1. The van der Waals surface area contributed by atoms with Crippen LogP contribution in [-0.4, -0.2) is 5.91 Å². The zero-order chi connectivity index (χ0) is 16.8. The van der Waals surface area contributed by atoms with E-state index < -0.39 is 5.41 Å². The Morgan fingerprint density at radius 2 is 1.12 bits per heavy atom. The van der Waals surface area contributed by atoms with Crippen molar-refractivity contribution < 1.29 is 4.79 Å². The summed E-state index contributed by atoms with van der Waals surface area (Å²) in [6.07, 6.45) is 1.00. The van der Waals surface area contributed by atoms with Crippen LogP contribution in [-0.2, 0) is 16.6 Å². The monoisotopic (exact) mass is 315 g/mol. The maximum atomic E-state index is 12.0. The highest BCUT2D eigenvalue weighted by Gasteiger charge is 2.36. The lowest BCUT2D eigenvalue weighted by Crippen LogP contribution is -2.35. The Morgan fingerprint density at radius 3 is 1.54 bits per heavy atom. The fourth-order valence-electron chi connectivity index (χ4n) is 3.39. The summed E-state index contributed by atoms with van der Waals surface area (Å²) in [5.74, 6) is -0.293. The summed E-state index contributed by atoms with van der Waals surface area (Å²) < 4.78 is 0. The van der Waals surface area contributed by atoms with Crippen LogP contribution in [0.15, 0.2) is 91.0 Å². The minimum absolute atomic E-state index is 0.274. The number of nitrogens with two attached hydrogens (primary N) is 1. The molecule has 0 spiro atoms. The van der Waals surface area contributed by atoms with E-state index in [0.717, 1.165) is 17.5 Å². The first kappa shape index (κ1) is 16.0. The van der Waals surface area contributed by atoms with Gasteiger partial charge < -0.3 is 5.73 Å². The molecule has 3 rings (SSSR count). The number of hydrogen-bond donors (Lipinski definition) is 1. The van der Waals surface area contributed by atoms with E-state index in [2.05, 4.69) is 36.4 Å². The first-order valence-electron chi connectivity index (χ1n) is 8.14. The molecule has 2 N–H and O–H groups in total. The Kier molecular flexibility index (Phi) is 4.76. The van der Waals surface area contributed by atoms with Crippen molar-refractivity contribution in [3.05, 3.63) is 108 Å². The zero-order valence-corrected chi connectivity index (χ0v) is 13.6. The molecule has 0 aromatic heterocycles. The van der Waals surface area contributed by atoms with Crippen LogP contribution < -0.4 is 5.73 Å². The van der Waals surface area contributed by atoms with Crippen molar-refractivity contribution in [2.75, 3.05) is 0 Å². The molecule has 0 radical (unpaired) electrons. The fraction of sp³-hybridized carbons (Fsp3) is 0.136. The Morgan fingerprint density at radius 1 is 0.708 bits per heavy atom. The van der Waals surface area contributed by atoms with E-state index in [-0.39, 0.29) is 12.3 Å². The van der Waals surface area contributed by atoms with Gasteiger partial charge in [-0.1, -0.05) is 91.0 Å². The van der Waals surface area contributed by atoms with Crippen LogP contribution in [0, 0.1) is 0 Å². The van der Waals surface area contributed by atoms with Gasteiger partial charge >= 0.3 is 0 Å². The molecule has 0 atom stereocenters. The Hall–Kier alpha value is -2.87. The molecule has 120 valence electrons. The molecule has 3 aromatic rings. The van der Waals surface area contributed by atoms with Crippen LogP contribution in [0.2, 0.25) is 0 Å². The third kappa shape index (κ3) is 3.38. The van der Waals surface area contributed by atoms with E-state index in [4.69, 9.17) is 5.73 Å². The van der Waals surface area contributed by atoms with Crippen LogP contribution in [0.1, 0.15) is 23.1 Å². The third-order valence-electron chi connectivity index (χ3n) is 4.48. The maximum absolute atomic E-state index is 12.0. The van der Waals surface area contributed by atoms with Gasteiger partial charge in [0.05, 0.1) is 0 Å². The third-order valence-corrected chi connectivity index (χ3v) is 4.48. The number of amides is 1. The first-order chi connectivity index (χ1) is 11.7. The lowest BCUT2D eigenvalue weighted by Gasteiger charge is -2.34. The van der Waals surface area contributed by atoms with Gasteiger partial charge in [-0.15, -0.1) is 0 Å². The maximum Gasteiger partial charge on any atom is 0.218 e. The normalized spacial score (nSPS) is 11.2. The molecule has 2 heteroatoms. The van der Waals surface area contributed by atoms with Crippen molar-refractivity contribution in [3.63, 3.8) is 0 Å². The summed E-state index contributed by atoms with van der Waals surface area (Å²) in [7, 11) is 0. The van der Waals surface area contributed by atoms with Gasteiger partial charge in [-0.2, -0.15) is 0 Å². The molecule has 1 amide bonds. The highest BCUT2D eigenvalue weighted by molar-refractivity contribution is 5.77. The minimum atomic E-state index is -0.463. The molecule has 0 aliphatic rings. The number of carbonyl (C=O) groups excluding carboxylic acids is 1. The van der Waals surface area contributed by atoms with E-state index in [9.17, 15) is 4.79 Å². The van der Waals surface area contributed by atoms with Gasteiger partial charge in [0, 0.05) is 11.8 Å². The van der Waals surface area contributed by atoms with Gasteiger partial charge in [-0.3, -0.25) is 4.79 Å². The van der Waals surface area contributed by atoms with Crippen molar-refractivity contribution in [3.8, 4) is 0 Å². The lowest BCUT2D eigenvalue weighted by atomic mass is 9.68. The quantitative estimate of drug-likeness (QED) is 0.731. The van der Waals surface area contributed by atoms with Gasteiger partial charge in [0.2, 0.25) is 5.91 Å². The molecule has 0 bridgehead atoms. The molecular weight excluding hydrogens is 294 g/mol. The average Bonchev–Trinajstić information content (AvgIpc) is 2.63. The lowest BCUT2D eigenvalue weighted by molar-refractivity contribution is -0.119. The van der Waals surface area contributed by atoms with Crippen molar-refractivity contribution >= 4 is 5.91 Å². The molecule has 0 saturated carbocycles. The molecule has 24 heavy (non-hydrogen) atoms. The van der Waals surface area contributed by atoms with Gasteiger partial charge in [0.1, 0.15) is 0 Å². The number of carbonyl (C=O) groups is 1. The zero-order valence-electron chi connectivity index (χ0n) is 13.6. The molecule has 2 nitrogen and oxygen atoms in total. The van der Waals surface area contributed by atoms with E-state index in [0.29, 0.717) is 0 Å². The Balaban J connectivity index is 2.18. The average molecular weight is 315 g/mol. The van der Waals surface area contributed by atoms with Crippen LogP contribution in [0.25, 0.3) is 0 Å². The predicted molar refractivity (Wildman–Crippen MR) is 97.6 cm³/mol. The van der Waals surface area contributed by atoms with Crippen LogP contribution in [0.4, 0.5) is 0 Å². The molecule has 0 unspecified atom stereocenters. The first-order valence-corrected chi connectivity index (χ1v) is 8.14. The van der Waals surface area contributed by atoms with Gasteiger partial charge in [-0.05, 0) is 23.1 Å². The summed E-state index contributed by atoms with van der Waals surface area (Å²) >= 11 is 0. The number of benzene rings is 3. The van der Waals surface area contributed by atoms with Gasteiger partial charge in [0.25, 0.3) is 0 Å². The Labute approximate surface area is 143 Å². The summed E-state index contributed by atoms with van der Waals surface area (Å²) in [5, 5.41) is 0. The van der Waals surface area contributed by atoms with E-state index in [1.54, 1.807) is 0 Å². The van der Waals surface area contributed by atoms with Crippen molar-refractivity contribution in [2.24, 2.45) is 5.73 Å². The second-order valence-electron chi connectivity index (χ2n) is 6.12. The van der Waals surface area contributed by atoms with Crippen LogP contribution in [0.5, 0.6) is 0 Å². The minimum Gasteiger partial charge on any atom is -0.370 e. The predicted octanol–water partition coefficient (Wildman–Crippen LogP) is 4.09. The van der Waals surface area contributed by atoms with Crippen molar-refractivity contribution in [2.45, 2.75) is 18.3 Å². The molecular formula is C22H21NO. The van der Waals surface area contributed by atoms with Gasteiger partial charge in [0.15, 0.2) is 0 Å². The molecule has 0 aliphatic carbocycles. The molecule has 0 fully saturated rings.